The lowest BCUT2D eigenvalue weighted by Crippen LogP contribution is -1.98. The molecule has 0 heterocycles. The van der Waals surface area contributed by atoms with Crippen LogP contribution >= 0.6 is 15.9 Å². The number of hydrogen-bond donors (Lipinski definition) is 1. The van der Waals surface area contributed by atoms with Crippen molar-refractivity contribution in [2.45, 2.75) is 10.6 Å². The molecule has 0 aliphatic carbocycles. The van der Waals surface area contributed by atoms with Crippen LogP contribution in [-0.2, 0) is 16.6 Å². The number of methoxy groups -OCH3 is 1. The second kappa shape index (κ2) is 6.21. The Kier molecular flexibility index (Phi) is 4.61. The lowest BCUT2D eigenvalue weighted by molar-refractivity contribution is 0.414. The molecule has 19 heavy (non-hydrogen) atoms. The molecule has 5 heteroatoms. The van der Waals surface area contributed by atoms with E-state index in [1.54, 1.807) is 25.3 Å². The van der Waals surface area contributed by atoms with Crippen molar-refractivity contribution in [1.29, 1.82) is 0 Å². The summed E-state index contributed by atoms with van der Waals surface area (Å²) in [7, 11) is 0.495. The summed E-state index contributed by atoms with van der Waals surface area (Å²) in [5.41, 5.74) is 7.29. The molecule has 0 aliphatic heterocycles. The van der Waals surface area contributed by atoms with E-state index in [0.29, 0.717) is 11.4 Å². The van der Waals surface area contributed by atoms with Crippen molar-refractivity contribution in [2.24, 2.45) is 0 Å². The molecule has 2 aromatic carbocycles. The quantitative estimate of drug-likeness (QED) is 0.869. The number of rotatable bonds is 4. The predicted molar refractivity (Wildman–Crippen MR) is 81.7 cm³/mol. The molecule has 2 rings (SSSR count). The van der Waals surface area contributed by atoms with Gasteiger partial charge in [0.1, 0.15) is 5.75 Å². The first-order valence-corrected chi connectivity index (χ1v) is 7.77. The van der Waals surface area contributed by atoms with Gasteiger partial charge in [-0.05, 0) is 51.8 Å². The van der Waals surface area contributed by atoms with Gasteiger partial charge in [-0.25, -0.2) is 0 Å². The number of halogens is 1. The molecule has 0 amide bonds. The molecule has 2 aromatic rings. The Morgan fingerprint density at radius 3 is 2.74 bits per heavy atom. The standard InChI is InChI=1S/C14H14BrNO2S/c1-18-12-4-2-3-10(7-12)9-19(17)14-6-5-11(16)8-13(14)15/h2-8H,9,16H2,1H3. The minimum Gasteiger partial charge on any atom is -0.497 e. The highest BCUT2D eigenvalue weighted by molar-refractivity contribution is 9.10. The summed E-state index contributed by atoms with van der Waals surface area (Å²) in [6.07, 6.45) is 0. The van der Waals surface area contributed by atoms with Crippen LogP contribution in [-0.4, -0.2) is 11.3 Å². The second-order valence-electron chi connectivity index (χ2n) is 4.03. The number of nitrogen functional groups attached to an aromatic ring is 1. The van der Waals surface area contributed by atoms with Crippen LogP contribution in [0.25, 0.3) is 0 Å². The number of ether oxygens (including phenoxy) is 1. The molecule has 100 valence electrons. The van der Waals surface area contributed by atoms with Gasteiger partial charge in [-0.2, -0.15) is 0 Å². The molecule has 0 fully saturated rings. The van der Waals surface area contributed by atoms with Crippen molar-refractivity contribution in [1.82, 2.24) is 0 Å². The first-order valence-electron chi connectivity index (χ1n) is 5.66. The summed E-state index contributed by atoms with van der Waals surface area (Å²) in [5.74, 6) is 1.21. The molecular formula is C14H14BrNO2S. The molecular weight excluding hydrogens is 326 g/mol. The van der Waals surface area contributed by atoms with E-state index in [9.17, 15) is 4.21 Å². The smallest absolute Gasteiger partial charge is 0.119 e. The van der Waals surface area contributed by atoms with Crippen LogP contribution in [0.15, 0.2) is 51.8 Å². The fraction of sp³-hybridized carbons (Fsp3) is 0.143. The highest BCUT2D eigenvalue weighted by Gasteiger charge is 2.10. The van der Waals surface area contributed by atoms with Gasteiger partial charge in [-0.1, -0.05) is 12.1 Å². The van der Waals surface area contributed by atoms with E-state index in [0.717, 1.165) is 20.7 Å². The summed E-state index contributed by atoms with van der Waals surface area (Å²) in [6, 6.07) is 12.9. The number of benzene rings is 2. The molecule has 0 aliphatic rings. The lowest BCUT2D eigenvalue weighted by Gasteiger charge is -2.07. The van der Waals surface area contributed by atoms with Gasteiger partial charge < -0.3 is 10.5 Å². The van der Waals surface area contributed by atoms with Gasteiger partial charge in [0, 0.05) is 10.2 Å². The van der Waals surface area contributed by atoms with Gasteiger partial charge in [0.15, 0.2) is 0 Å². The molecule has 0 spiro atoms. The van der Waals surface area contributed by atoms with E-state index < -0.39 is 10.8 Å². The summed E-state index contributed by atoms with van der Waals surface area (Å²) in [5, 5.41) is 0. The zero-order chi connectivity index (χ0) is 13.8. The van der Waals surface area contributed by atoms with Gasteiger partial charge in [-0.3, -0.25) is 4.21 Å². The Morgan fingerprint density at radius 1 is 1.26 bits per heavy atom. The van der Waals surface area contributed by atoms with Crippen LogP contribution in [0.2, 0.25) is 0 Å². The van der Waals surface area contributed by atoms with Crippen molar-refractivity contribution < 1.29 is 8.95 Å². The van der Waals surface area contributed by atoms with Crippen molar-refractivity contribution >= 4 is 32.4 Å². The van der Waals surface area contributed by atoms with E-state index in [1.165, 1.54) is 0 Å². The van der Waals surface area contributed by atoms with E-state index >= 15 is 0 Å². The Bertz CT molecular complexity index is 616. The van der Waals surface area contributed by atoms with Crippen molar-refractivity contribution in [3.8, 4) is 5.75 Å². The van der Waals surface area contributed by atoms with Crippen LogP contribution in [0.1, 0.15) is 5.56 Å². The van der Waals surface area contributed by atoms with Gasteiger partial charge in [0.25, 0.3) is 0 Å². The first-order chi connectivity index (χ1) is 9.10. The summed E-state index contributed by atoms with van der Waals surface area (Å²) >= 11 is 3.39. The molecule has 1 unspecified atom stereocenters. The van der Waals surface area contributed by atoms with Crippen LogP contribution < -0.4 is 10.5 Å². The van der Waals surface area contributed by atoms with E-state index in [1.807, 2.05) is 24.3 Å². The molecule has 0 saturated carbocycles. The maximum Gasteiger partial charge on any atom is 0.119 e. The highest BCUT2D eigenvalue weighted by Crippen LogP contribution is 2.25. The summed E-state index contributed by atoms with van der Waals surface area (Å²) < 4.78 is 18.3. The maximum atomic E-state index is 12.3. The maximum absolute atomic E-state index is 12.3. The Balaban J connectivity index is 2.20. The largest absolute Gasteiger partial charge is 0.497 e. The number of hydrogen-bond acceptors (Lipinski definition) is 3. The van der Waals surface area contributed by atoms with Crippen molar-refractivity contribution in [3.63, 3.8) is 0 Å². The zero-order valence-corrected chi connectivity index (χ0v) is 12.8. The topological polar surface area (TPSA) is 52.3 Å². The lowest BCUT2D eigenvalue weighted by atomic mass is 10.2. The third kappa shape index (κ3) is 3.58. The molecule has 0 aromatic heterocycles. The Morgan fingerprint density at radius 2 is 2.05 bits per heavy atom. The Hall–Kier alpha value is -1.33. The average Bonchev–Trinajstić information content (AvgIpc) is 2.38. The minimum absolute atomic E-state index is 0.444. The summed E-state index contributed by atoms with van der Waals surface area (Å²) in [6.45, 7) is 0. The highest BCUT2D eigenvalue weighted by atomic mass is 79.9. The predicted octanol–water partition coefficient (Wildman–Crippen LogP) is 3.35. The Labute approximate surface area is 123 Å². The van der Waals surface area contributed by atoms with Crippen LogP contribution in [0.3, 0.4) is 0 Å². The van der Waals surface area contributed by atoms with Gasteiger partial charge >= 0.3 is 0 Å². The van der Waals surface area contributed by atoms with E-state index in [4.69, 9.17) is 10.5 Å². The monoisotopic (exact) mass is 339 g/mol. The van der Waals surface area contributed by atoms with Gasteiger partial charge in [0.05, 0.1) is 28.6 Å². The number of nitrogens with two attached hydrogens (primary N) is 1. The van der Waals surface area contributed by atoms with Crippen molar-refractivity contribution in [3.05, 3.63) is 52.5 Å². The van der Waals surface area contributed by atoms with E-state index in [-0.39, 0.29) is 0 Å². The number of anilines is 1. The SMILES string of the molecule is COc1cccc(CS(=O)c2ccc(N)cc2Br)c1. The fourth-order valence-electron chi connectivity index (χ4n) is 1.69. The average molecular weight is 340 g/mol. The summed E-state index contributed by atoms with van der Waals surface area (Å²) in [4.78, 5) is 0.747. The van der Waals surface area contributed by atoms with Gasteiger partial charge in [-0.15, -0.1) is 0 Å². The molecule has 1 atom stereocenters. The zero-order valence-electron chi connectivity index (χ0n) is 10.4. The second-order valence-corrected chi connectivity index (χ2v) is 6.31. The van der Waals surface area contributed by atoms with Crippen LogP contribution in [0.4, 0.5) is 5.69 Å². The van der Waals surface area contributed by atoms with Crippen molar-refractivity contribution in [2.75, 3.05) is 12.8 Å². The van der Waals surface area contributed by atoms with Crippen LogP contribution in [0, 0.1) is 0 Å². The normalized spacial score (nSPS) is 12.1. The first kappa shape index (κ1) is 14.1. The third-order valence-electron chi connectivity index (χ3n) is 2.63. The third-order valence-corrected chi connectivity index (χ3v) is 4.99. The molecule has 3 nitrogen and oxygen atoms in total. The molecule has 2 N–H and O–H groups in total. The molecule has 0 saturated heterocycles. The minimum atomic E-state index is -1.12. The molecule has 0 bridgehead atoms. The van der Waals surface area contributed by atoms with E-state index in [2.05, 4.69) is 15.9 Å². The van der Waals surface area contributed by atoms with Crippen LogP contribution in [0.5, 0.6) is 5.75 Å². The fourth-order valence-corrected chi connectivity index (χ4v) is 3.77. The molecule has 0 radical (unpaired) electrons. The van der Waals surface area contributed by atoms with Gasteiger partial charge in [0.2, 0.25) is 0 Å².